The van der Waals surface area contributed by atoms with Gasteiger partial charge in [0, 0.05) is 6.42 Å². The van der Waals surface area contributed by atoms with E-state index >= 15 is 0 Å². The number of amides is 1. The van der Waals surface area contributed by atoms with Gasteiger partial charge in [-0.15, -0.1) is 0 Å². The molecule has 0 aromatic heterocycles. The summed E-state index contributed by atoms with van der Waals surface area (Å²) in [6.45, 7) is 4.47. The Morgan fingerprint density at radius 2 is 1.02 bits per heavy atom. The fourth-order valence-corrected chi connectivity index (χ4v) is 5.55. The van der Waals surface area contributed by atoms with Crippen molar-refractivity contribution in [2.24, 2.45) is 0 Å². The SMILES string of the molecule is CCCCCCCCCCCCCCCCCC(=O)OC(CCCCCCCCCC)C(=O)Nc1ccccc1C([O])=O. The molecule has 1 aromatic rings. The van der Waals surface area contributed by atoms with Crippen LogP contribution in [0.5, 0.6) is 0 Å². The van der Waals surface area contributed by atoms with Crippen molar-refractivity contribution >= 4 is 23.5 Å². The molecule has 6 heteroatoms. The van der Waals surface area contributed by atoms with Gasteiger partial charge >= 0.3 is 11.9 Å². The highest BCUT2D eigenvalue weighted by atomic mass is 16.5. The molecule has 1 atom stereocenters. The predicted molar refractivity (Wildman–Crippen MR) is 177 cm³/mol. The lowest BCUT2D eigenvalue weighted by Gasteiger charge is -2.18. The van der Waals surface area contributed by atoms with Crippen molar-refractivity contribution in [3.63, 3.8) is 0 Å². The minimum atomic E-state index is -1.36. The molecule has 1 unspecified atom stereocenters. The van der Waals surface area contributed by atoms with Crippen LogP contribution in [0, 0.1) is 0 Å². The molecule has 1 aromatic carbocycles. The summed E-state index contributed by atoms with van der Waals surface area (Å²) in [5.74, 6) is -2.20. The van der Waals surface area contributed by atoms with E-state index in [-0.39, 0.29) is 17.2 Å². The van der Waals surface area contributed by atoms with Gasteiger partial charge < -0.3 is 10.1 Å². The second-order valence-corrected chi connectivity index (χ2v) is 12.3. The largest absolute Gasteiger partial charge is 0.452 e. The minimum Gasteiger partial charge on any atom is -0.452 e. The lowest BCUT2D eigenvalue weighted by molar-refractivity contribution is -0.154. The highest BCUT2D eigenvalue weighted by Crippen LogP contribution is 2.19. The first-order valence-corrected chi connectivity index (χ1v) is 17.8. The molecule has 1 amide bonds. The summed E-state index contributed by atoms with van der Waals surface area (Å²) in [5.41, 5.74) is 0.0673. The standard InChI is InChI=1S/C37H62NO5/c1-3-5-7-9-11-13-14-15-16-17-18-19-21-23-25-31-35(39)43-34(30-24-22-20-12-10-8-6-4-2)36(40)38-33-29-27-26-28-32(33)37(41)42/h26-29,34H,3-25,30-31H2,1-2H3,(H,38,40). The van der Waals surface area contributed by atoms with Gasteiger partial charge in [-0.25, -0.2) is 9.90 Å². The first-order chi connectivity index (χ1) is 21.0. The average Bonchev–Trinajstić information content (AvgIpc) is 3.00. The number of carbonyl (C=O) groups is 3. The molecule has 0 aliphatic rings. The van der Waals surface area contributed by atoms with Crippen molar-refractivity contribution in [3.05, 3.63) is 29.8 Å². The van der Waals surface area contributed by atoms with Gasteiger partial charge in [-0.3, -0.25) is 9.59 Å². The van der Waals surface area contributed by atoms with Crippen LogP contribution < -0.4 is 5.32 Å². The smallest absolute Gasteiger partial charge is 0.388 e. The van der Waals surface area contributed by atoms with E-state index in [4.69, 9.17) is 4.74 Å². The molecule has 43 heavy (non-hydrogen) atoms. The molecule has 0 saturated heterocycles. The molecule has 1 N–H and O–H groups in total. The van der Waals surface area contributed by atoms with Crippen LogP contribution in [0.3, 0.4) is 0 Å². The topological polar surface area (TPSA) is 92.4 Å². The highest BCUT2D eigenvalue weighted by molar-refractivity contribution is 6.02. The van der Waals surface area contributed by atoms with Crippen molar-refractivity contribution in [3.8, 4) is 0 Å². The maximum atomic E-state index is 13.1. The van der Waals surface area contributed by atoms with E-state index in [1.807, 2.05) is 0 Å². The van der Waals surface area contributed by atoms with Gasteiger partial charge in [-0.1, -0.05) is 161 Å². The second kappa shape index (κ2) is 27.2. The van der Waals surface area contributed by atoms with E-state index in [1.54, 1.807) is 12.1 Å². The Morgan fingerprint density at radius 1 is 0.605 bits per heavy atom. The van der Waals surface area contributed by atoms with E-state index < -0.39 is 18.0 Å². The first kappa shape index (κ1) is 38.7. The zero-order valence-electron chi connectivity index (χ0n) is 27.6. The van der Waals surface area contributed by atoms with Crippen LogP contribution in [0.4, 0.5) is 5.69 Å². The number of hydrogen-bond acceptors (Lipinski definition) is 4. The van der Waals surface area contributed by atoms with Gasteiger partial charge in [-0.05, 0) is 31.4 Å². The fraction of sp³-hybridized carbons (Fsp3) is 0.757. The van der Waals surface area contributed by atoms with Crippen LogP contribution in [-0.2, 0) is 19.4 Å². The van der Waals surface area contributed by atoms with Gasteiger partial charge in [-0.2, -0.15) is 0 Å². The summed E-state index contributed by atoms with van der Waals surface area (Å²) in [4.78, 5) is 37.2. The second-order valence-electron chi connectivity index (χ2n) is 12.3. The summed E-state index contributed by atoms with van der Waals surface area (Å²) in [6.07, 6.45) is 27.7. The van der Waals surface area contributed by atoms with Crippen LogP contribution in [0.15, 0.2) is 24.3 Å². The van der Waals surface area contributed by atoms with E-state index in [9.17, 15) is 19.5 Å². The molecule has 0 bridgehead atoms. The zero-order chi connectivity index (χ0) is 31.4. The number of rotatable bonds is 29. The van der Waals surface area contributed by atoms with E-state index in [1.165, 1.54) is 121 Å². The number of ether oxygens (including phenoxy) is 1. The number of anilines is 1. The average molecular weight is 601 g/mol. The third-order valence-corrected chi connectivity index (χ3v) is 8.28. The van der Waals surface area contributed by atoms with Crippen molar-refractivity contribution < 1.29 is 24.2 Å². The van der Waals surface area contributed by atoms with Crippen LogP contribution >= 0.6 is 0 Å². The molecule has 0 spiro atoms. The molecule has 0 heterocycles. The maximum absolute atomic E-state index is 13.1. The number of esters is 1. The summed E-state index contributed by atoms with van der Waals surface area (Å²) in [6, 6.07) is 6.14. The Balaban J connectivity index is 2.33. The summed E-state index contributed by atoms with van der Waals surface area (Å²) in [7, 11) is 0. The molecule has 0 saturated carbocycles. The number of carbonyl (C=O) groups excluding carboxylic acids is 3. The molecule has 0 aliphatic carbocycles. The molecular formula is C37H62NO5. The Morgan fingerprint density at radius 3 is 1.49 bits per heavy atom. The minimum absolute atomic E-state index is 0.0918. The summed E-state index contributed by atoms with van der Waals surface area (Å²) < 4.78 is 5.65. The van der Waals surface area contributed by atoms with Crippen molar-refractivity contribution in [1.29, 1.82) is 0 Å². The van der Waals surface area contributed by atoms with Crippen molar-refractivity contribution in [1.82, 2.24) is 0 Å². The maximum Gasteiger partial charge on any atom is 0.388 e. The van der Waals surface area contributed by atoms with Crippen LogP contribution in [0.1, 0.15) is 185 Å². The number of hydrogen-bond donors (Lipinski definition) is 1. The van der Waals surface area contributed by atoms with Crippen molar-refractivity contribution in [2.45, 2.75) is 180 Å². The normalized spacial score (nSPS) is 11.8. The van der Waals surface area contributed by atoms with Gasteiger partial charge in [0.15, 0.2) is 6.10 Å². The van der Waals surface area contributed by atoms with Crippen LogP contribution in [-0.4, -0.2) is 23.9 Å². The van der Waals surface area contributed by atoms with Crippen LogP contribution in [0.25, 0.3) is 0 Å². The molecule has 6 nitrogen and oxygen atoms in total. The Hall–Kier alpha value is -2.37. The summed E-state index contributed by atoms with van der Waals surface area (Å²) >= 11 is 0. The van der Waals surface area contributed by atoms with Crippen LogP contribution in [0.2, 0.25) is 0 Å². The van der Waals surface area contributed by atoms with E-state index in [0.29, 0.717) is 12.8 Å². The molecule has 245 valence electrons. The highest BCUT2D eigenvalue weighted by Gasteiger charge is 2.24. The van der Waals surface area contributed by atoms with Gasteiger partial charge in [0.25, 0.3) is 5.91 Å². The summed E-state index contributed by atoms with van der Waals surface area (Å²) in [5, 5.41) is 14.1. The number of para-hydroxylation sites is 1. The van der Waals surface area contributed by atoms with Gasteiger partial charge in [0.2, 0.25) is 0 Å². The van der Waals surface area contributed by atoms with E-state index in [0.717, 1.165) is 38.5 Å². The quantitative estimate of drug-likeness (QED) is 0.0731. The number of benzene rings is 1. The lowest BCUT2D eigenvalue weighted by Crippen LogP contribution is -2.33. The van der Waals surface area contributed by atoms with Crippen molar-refractivity contribution in [2.75, 3.05) is 5.32 Å². The van der Waals surface area contributed by atoms with Gasteiger partial charge in [0.05, 0.1) is 11.3 Å². The predicted octanol–water partition coefficient (Wildman–Crippen LogP) is 10.9. The first-order valence-electron chi connectivity index (χ1n) is 17.8. The third-order valence-electron chi connectivity index (χ3n) is 8.28. The fourth-order valence-electron chi connectivity index (χ4n) is 5.55. The molecule has 1 rings (SSSR count). The Bertz CT molecular complexity index is 855. The molecule has 1 radical (unpaired) electrons. The number of unbranched alkanes of at least 4 members (excludes halogenated alkanes) is 21. The molecular weight excluding hydrogens is 538 g/mol. The third kappa shape index (κ3) is 21.1. The monoisotopic (exact) mass is 600 g/mol. The Labute approximate surface area is 263 Å². The zero-order valence-corrected chi connectivity index (χ0v) is 27.6. The lowest BCUT2D eigenvalue weighted by atomic mass is 10.0. The number of nitrogens with one attached hydrogen (secondary N) is 1. The van der Waals surface area contributed by atoms with Gasteiger partial charge in [0.1, 0.15) is 0 Å². The Kier molecular flexibility index (Phi) is 24.4. The molecule has 0 fully saturated rings. The van der Waals surface area contributed by atoms with E-state index in [2.05, 4.69) is 19.2 Å². The molecule has 0 aliphatic heterocycles.